The minimum atomic E-state index is -0.00902. The van der Waals surface area contributed by atoms with Crippen molar-refractivity contribution in [3.8, 4) is 0 Å². The third kappa shape index (κ3) is 15.6. The second-order valence-corrected chi connectivity index (χ2v) is 7.59. The van der Waals surface area contributed by atoms with Gasteiger partial charge in [-0.2, -0.15) is 0 Å². The number of amides is 1. The molecule has 0 spiro atoms. The molecule has 0 saturated carbocycles. The summed E-state index contributed by atoms with van der Waals surface area (Å²) in [5, 5.41) is 2.88. The molecule has 0 bridgehead atoms. The first-order chi connectivity index (χ1) is 10.3. The average Bonchev–Trinajstić information content (AvgIpc) is 2.42. The van der Waals surface area contributed by atoms with Crippen molar-refractivity contribution >= 4 is 5.91 Å². The van der Waals surface area contributed by atoms with Crippen LogP contribution >= 0.6 is 0 Å². The molecule has 0 atom stereocenters. The van der Waals surface area contributed by atoms with Crippen molar-refractivity contribution in [2.45, 2.75) is 71.1 Å². The van der Waals surface area contributed by atoms with Crippen LogP contribution in [0.1, 0.15) is 71.1 Å². The Labute approximate surface area is 138 Å². The van der Waals surface area contributed by atoms with Gasteiger partial charge in [0.15, 0.2) is 0 Å². The molecule has 0 unspecified atom stereocenters. The predicted molar refractivity (Wildman–Crippen MR) is 96.9 cm³/mol. The van der Waals surface area contributed by atoms with Crippen molar-refractivity contribution in [2.24, 2.45) is 0 Å². The Morgan fingerprint density at radius 1 is 0.818 bits per heavy atom. The van der Waals surface area contributed by atoms with Crippen molar-refractivity contribution < 1.29 is 9.28 Å². The summed E-state index contributed by atoms with van der Waals surface area (Å²) in [7, 11) is 6.80. The maximum Gasteiger partial charge on any atom is 0.246 e. The second kappa shape index (κ2) is 12.7. The highest BCUT2D eigenvalue weighted by Gasteiger charge is 2.05. The van der Waals surface area contributed by atoms with E-state index in [9.17, 15) is 4.79 Å². The number of rotatable bonds is 14. The number of nitrogens with zero attached hydrogens (tertiary/aromatic N) is 1. The molecule has 1 amide bonds. The van der Waals surface area contributed by atoms with E-state index in [0.717, 1.165) is 17.4 Å². The molecule has 22 heavy (non-hydrogen) atoms. The molecule has 0 aromatic carbocycles. The van der Waals surface area contributed by atoms with E-state index in [1.54, 1.807) is 6.92 Å². The van der Waals surface area contributed by atoms with Gasteiger partial charge in [-0.25, -0.2) is 0 Å². The number of carbonyl (C=O) groups is 1. The van der Waals surface area contributed by atoms with Gasteiger partial charge in [0, 0.05) is 12.1 Å². The monoisotopic (exact) mass is 311 g/mol. The summed E-state index contributed by atoms with van der Waals surface area (Å²) in [4.78, 5) is 11.3. The fourth-order valence-corrected chi connectivity index (χ4v) is 2.48. The third-order valence-electron chi connectivity index (χ3n) is 3.93. The van der Waals surface area contributed by atoms with Crippen LogP contribution in [0.3, 0.4) is 0 Å². The Morgan fingerprint density at radius 2 is 1.23 bits per heavy atom. The summed E-state index contributed by atoms with van der Waals surface area (Å²) in [5.41, 5.74) is 0.599. The molecular weight excluding hydrogens is 272 g/mol. The topological polar surface area (TPSA) is 29.1 Å². The average molecular weight is 312 g/mol. The smallest absolute Gasteiger partial charge is 0.246 e. The molecule has 0 radical (unpaired) electrons. The third-order valence-corrected chi connectivity index (χ3v) is 3.93. The van der Waals surface area contributed by atoms with Gasteiger partial charge in [0.1, 0.15) is 0 Å². The van der Waals surface area contributed by atoms with E-state index >= 15 is 0 Å². The molecule has 3 heteroatoms. The lowest BCUT2D eigenvalue weighted by atomic mass is 10.1. The number of unbranched alkanes of at least 4 members (excludes halogenated alkanes) is 9. The van der Waals surface area contributed by atoms with E-state index in [1.165, 1.54) is 64.3 Å². The Balaban J connectivity index is 3.15. The lowest BCUT2D eigenvalue weighted by Gasteiger charge is -2.23. The summed E-state index contributed by atoms with van der Waals surface area (Å²) < 4.78 is 1.09. The first-order valence-electron chi connectivity index (χ1n) is 9.07. The molecule has 0 aliphatic carbocycles. The van der Waals surface area contributed by atoms with Crippen molar-refractivity contribution in [3.05, 3.63) is 12.2 Å². The fraction of sp³-hybridized carbons (Fsp3) is 0.842. The molecule has 1 N–H and O–H groups in total. The molecule has 0 aliphatic heterocycles. The lowest BCUT2D eigenvalue weighted by Crippen LogP contribution is -2.35. The van der Waals surface area contributed by atoms with E-state index in [2.05, 4.69) is 33.0 Å². The molecule has 0 aliphatic rings. The fourth-order valence-electron chi connectivity index (χ4n) is 2.48. The molecular formula is C19H39N2O+. The number of hydrogen-bond donors (Lipinski definition) is 1. The second-order valence-electron chi connectivity index (χ2n) is 7.59. The molecule has 0 heterocycles. The van der Waals surface area contributed by atoms with Crippen LogP contribution < -0.4 is 5.32 Å². The van der Waals surface area contributed by atoms with Crippen LogP contribution in [0.5, 0.6) is 0 Å². The normalized spacial score (nSPS) is 11.5. The largest absolute Gasteiger partial charge is 0.352 e. The summed E-state index contributed by atoms with van der Waals surface area (Å²) >= 11 is 0. The van der Waals surface area contributed by atoms with Gasteiger partial charge in [0.25, 0.3) is 0 Å². The van der Waals surface area contributed by atoms with E-state index in [-0.39, 0.29) is 5.91 Å². The van der Waals surface area contributed by atoms with Crippen LogP contribution in [0, 0.1) is 0 Å². The van der Waals surface area contributed by atoms with Crippen molar-refractivity contribution in [3.63, 3.8) is 0 Å². The molecule has 0 aromatic rings. The molecule has 0 aromatic heterocycles. The summed E-state index contributed by atoms with van der Waals surface area (Å²) in [6, 6.07) is 0. The molecule has 0 fully saturated rings. The maximum atomic E-state index is 11.3. The van der Waals surface area contributed by atoms with Crippen molar-refractivity contribution in [2.75, 3.05) is 34.2 Å². The van der Waals surface area contributed by atoms with Gasteiger partial charge >= 0.3 is 0 Å². The van der Waals surface area contributed by atoms with Gasteiger partial charge in [-0.3, -0.25) is 4.79 Å². The number of nitrogens with one attached hydrogen (secondary N) is 1. The van der Waals surface area contributed by atoms with Crippen molar-refractivity contribution in [1.29, 1.82) is 0 Å². The van der Waals surface area contributed by atoms with Gasteiger partial charge in [-0.1, -0.05) is 51.5 Å². The van der Waals surface area contributed by atoms with Gasteiger partial charge in [0.2, 0.25) is 5.91 Å². The zero-order valence-corrected chi connectivity index (χ0v) is 15.5. The standard InChI is InChI=1S/C19H38N2O/c1-18(2)19(22)20-16-14-12-10-8-6-7-9-11-13-15-17-21(3,4)5/h1,6-17H2,2-5H3/p+1. The summed E-state index contributed by atoms with van der Waals surface area (Å²) in [6.45, 7) is 7.46. The highest BCUT2D eigenvalue weighted by molar-refractivity contribution is 5.91. The molecule has 0 saturated heterocycles. The van der Waals surface area contributed by atoms with Crippen LogP contribution in [-0.4, -0.2) is 44.6 Å². The SMILES string of the molecule is C=C(C)C(=O)NCCCCCCCCCCCC[N+](C)(C)C. The van der Waals surface area contributed by atoms with Gasteiger partial charge in [0.05, 0.1) is 27.7 Å². The van der Waals surface area contributed by atoms with Crippen LogP contribution in [0.2, 0.25) is 0 Å². The Morgan fingerprint density at radius 3 is 1.64 bits per heavy atom. The Hall–Kier alpha value is -0.830. The minimum Gasteiger partial charge on any atom is -0.352 e. The highest BCUT2D eigenvalue weighted by atomic mass is 16.1. The van der Waals surface area contributed by atoms with Crippen LogP contribution in [0.25, 0.3) is 0 Å². The maximum absolute atomic E-state index is 11.3. The first-order valence-corrected chi connectivity index (χ1v) is 9.07. The van der Waals surface area contributed by atoms with Gasteiger partial charge in [-0.05, 0) is 26.2 Å². The van der Waals surface area contributed by atoms with E-state index < -0.39 is 0 Å². The quantitative estimate of drug-likeness (QED) is 0.289. The molecule has 0 rings (SSSR count). The zero-order chi connectivity index (χ0) is 16.8. The van der Waals surface area contributed by atoms with Crippen LogP contribution in [0.4, 0.5) is 0 Å². The Kier molecular flexibility index (Phi) is 12.2. The van der Waals surface area contributed by atoms with Gasteiger partial charge < -0.3 is 9.80 Å². The molecule has 130 valence electrons. The minimum absolute atomic E-state index is 0.00902. The van der Waals surface area contributed by atoms with Crippen LogP contribution in [-0.2, 0) is 4.79 Å². The predicted octanol–water partition coefficient (Wildman–Crippen LogP) is 4.29. The van der Waals surface area contributed by atoms with Gasteiger partial charge in [-0.15, -0.1) is 0 Å². The van der Waals surface area contributed by atoms with Crippen molar-refractivity contribution in [1.82, 2.24) is 5.32 Å². The summed E-state index contributed by atoms with van der Waals surface area (Å²) in [6.07, 6.45) is 13.2. The number of hydrogen-bond acceptors (Lipinski definition) is 1. The first kappa shape index (κ1) is 21.2. The van der Waals surface area contributed by atoms with E-state index in [0.29, 0.717) is 5.57 Å². The van der Waals surface area contributed by atoms with E-state index in [1.807, 2.05) is 0 Å². The lowest BCUT2D eigenvalue weighted by molar-refractivity contribution is -0.870. The van der Waals surface area contributed by atoms with Crippen LogP contribution in [0.15, 0.2) is 12.2 Å². The Bertz CT molecular complexity index is 305. The number of carbonyl (C=O) groups excluding carboxylic acids is 1. The number of quaternary nitrogens is 1. The zero-order valence-electron chi connectivity index (χ0n) is 15.5. The summed E-state index contributed by atoms with van der Waals surface area (Å²) in [5.74, 6) is -0.00902. The molecule has 3 nitrogen and oxygen atoms in total. The highest BCUT2D eigenvalue weighted by Crippen LogP contribution is 2.11. The van der Waals surface area contributed by atoms with E-state index in [4.69, 9.17) is 0 Å².